The molecule has 0 unspecified atom stereocenters. The first kappa shape index (κ1) is 24.0. The van der Waals surface area contributed by atoms with Crippen LogP contribution in [0.5, 0.6) is 0 Å². The molecule has 0 bridgehead atoms. The highest BCUT2D eigenvalue weighted by molar-refractivity contribution is 5.85. The number of hydrogen-bond donors (Lipinski definition) is 0. The van der Waals surface area contributed by atoms with Gasteiger partial charge in [-0.15, -0.1) is 0 Å². The van der Waals surface area contributed by atoms with Crippen molar-refractivity contribution in [3.8, 4) is 0 Å². The maximum absolute atomic E-state index is 13.4. The first-order valence-electron chi connectivity index (χ1n) is 11.4. The molecule has 1 aromatic heterocycles. The molecular weight excluding hydrogens is 406 g/mol. The van der Waals surface area contributed by atoms with Gasteiger partial charge in [0.25, 0.3) is 0 Å². The molecule has 7 nitrogen and oxygen atoms in total. The normalized spacial score (nSPS) is 14.5. The second kappa shape index (κ2) is 12.4. The summed E-state index contributed by atoms with van der Waals surface area (Å²) in [7, 11) is 0. The van der Waals surface area contributed by atoms with Crippen LogP contribution in [0.15, 0.2) is 53.1 Å². The van der Waals surface area contributed by atoms with Gasteiger partial charge in [0, 0.05) is 39.1 Å². The Balaban J connectivity index is 1.69. The average Bonchev–Trinajstić information content (AvgIpc) is 3.30. The summed E-state index contributed by atoms with van der Waals surface area (Å²) in [6.45, 7) is 9.40. The number of carbonyl (C=O) groups excluding carboxylic acids is 2. The van der Waals surface area contributed by atoms with Crippen LogP contribution in [0.4, 0.5) is 0 Å². The minimum atomic E-state index is -0.0793. The molecule has 2 heterocycles. The van der Waals surface area contributed by atoms with E-state index in [1.165, 1.54) is 0 Å². The summed E-state index contributed by atoms with van der Waals surface area (Å²) in [5, 5.41) is 0. The molecule has 1 aliphatic heterocycles. The molecule has 1 aliphatic rings. The number of morpholine rings is 1. The van der Waals surface area contributed by atoms with Gasteiger partial charge in [0.2, 0.25) is 11.8 Å². The number of hydrogen-bond acceptors (Lipinski definition) is 5. The Morgan fingerprint density at radius 1 is 0.969 bits per heavy atom. The first-order chi connectivity index (χ1) is 15.5. The molecule has 2 aromatic rings. The van der Waals surface area contributed by atoms with Gasteiger partial charge in [-0.3, -0.25) is 14.5 Å². The number of amides is 2. The van der Waals surface area contributed by atoms with Crippen molar-refractivity contribution in [2.75, 3.05) is 45.9 Å². The SMILES string of the molecule is CC(C)CC(=O)N(CCN1CCOCC1)CC(=O)N(Cc1ccccc1)Cc1ccco1. The zero-order chi connectivity index (χ0) is 22.8. The number of furan rings is 1. The standard InChI is InChI=1S/C25H35N3O4/c1-21(2)17-24(29)27(11-10-26-12-15-31-16-13-26)20-25(30)28(19-23-9-6-14-32-23)18-22-7-4-3-5-8-22/h3-9,14,21H,10-13,15-20H2,1-2H3. The summed E-state index contributed by atoms with van der Waals surface area (Å²) >= 11 is 0. The highest BCUT2D eigenvalue weighted by Gasteiger charge is 2.24. The van der Waals surface area contributed by atoms with Crippen molar-refractivity contribution >= 4 is 11.8 Å². The van der Waals surface area contributed by atoms with Gasteiger partial charge in [-0.05, 0) is 23.6 Å². The molecule has 2 amide bonds. The molecule has 174 valence electrons. The lowest BCUT2D eigenvalue weighted by Crippen LogP contribution is -2.47. The third-order valence-electron chi connectivity index (χ3n) is 5.55. The predicted octanol–water partition coefficient (Wildman–Crippen LogP) is 3.02. The molecule has 0 radical (unpaired) electrons. The lowest BCUT2D eigenvalue weighted by molar-refractivity contribution is -0.142. The Morgan fingerprint density at radius 3 is 2.38 bits per heavy atom. The molecule has 0 N–H and O–H groups in total. The van der Waals surface area contributed by atoms with E-state index in [0.717, 1.165) is 31.0 Å². The Hall–Kier alpha value is -2.64. The van der Waals surface area contributed by atoms with Crippen LogP contribution in [-0.2, 0) is 27.4 Å². The number of nitrogens with zero attached hydrogens (tertiary/aromatic N) is 3. The lowest BCUT2D eigenvalue weighted by Gasteiger charge is -2.31. The largest absolute Gasteiger partial charge is 0.467 e. The highest BCUT2D eigenvalue weighted by Crippen LogP contribution is 2.13. The van der Waals surface area contributed by atoms with Crippen LogP contribution in [0.1, 0.15) is 31.6 Å². The molecule has 0 atom stereocenters. The van der Waals surface area contributed by atoms with Crippen LogP contribution in [0, 0.1) is 5.92 Å². The molecule has 0 aliphatic carbocycles. The van der Waals surface area contributed by atoms with Crippen molar-refractivity contribution < 1.29 is 18.7 Å². The van der Waals surface area contributed by atoms with E-state index in [4.69, 9.17) is 9.15 Å². The average molecular weight is 442 g/mol. The van der Waals surface area contributed by atoms with E-state index in [1.807, 2.05) is 56.3 Å². The molecule has 0 spiro atoms. The van der Waals surface area contributed by atoms with Crippen molar-refractivity contribution in [1.82, 2.24) is 14.7 Å². The minimum Gasteiger partial charge on any atom is -0.467 e. The monoisotopic (exact) mass is 441 g/mol. The summed E-state index contributed by atoms with van der Waals surface area (Å²) < 4.78 is 10.9. The Bertz CT molecular complexity index is 817. The number of ether oxygens (including phenoxy) is 1. The number of carbonyl (C=O) groups is 2. The van der Waals surface area contributed by atoms with Crippen molar-refractivity contribution in [2.24, 2.45) is 5.92 Å². The third-order valence-corrected chi connectivity index (χ3v) is 5.55. The van der Waals surface area contributed by atoms with Crippen LogP contribution >= 0.6 is 0 Å². The van der Waals surface area contributed by atoms with Gasteiger partial charge in [0.1, 0.15) is 5.76 Å². The molecule has 7 heteroatoms. The Kier molecular flexibility index (Phi) is 9.31. The zero-order valence-electron chi connectivity index (χ0n) is 19.2. The van der Waals surface area contributed by atoms with E-state index in [9.17, 15) is 9.59 Å². The lowest BCUT2D eigenvalue weighted by atomic mass is 10.1. The van der Waals surface area contributed by atoms with Crippen LogP contribution in [0.2, 0.25) is 0 Å². The van der Waals surface area contributed by atoms with Gasteiger partial charge in [-0.1, -0.05) is 44.2 Å². The van der Waals surface area contributed by atoms with Crippen LogP contribution < -0.4 is 0 Å². The van der Waals surface area contributed by atoms with Gasteiger partial charge >= 0.3 is 0 Å². The minimum absolute atomic E-state index is 0.0271. The summed E-state index contributed by atoms with van der Waals surface area (Å²) in [6.07, 6.45) is 2.05. The number of benzene rings is 1. The van der Waals surface area contributed by atoms with Gasteiger partial charge < -0.3 is 19.0 Å². The molecule has 1 fully saturated rings. The van der Waals surface area contributed by atoms with E-state index in [0.29, 0.717) is 39.3 Å². The fraction of sp³-hybridized carbons (Fsp3) is 0.520. The van der Waals surface area contributed by atoms with Crippen LogP contribution in [-0.4, -0.2) is 72.5 Å². The van der Waals surface area contributed by atoms with E-state index in [-0.39, 0.29) is 24.3 Å². The van der Waals surface area contributed by atoms with Gasteiger partial charge in [-0.2, -0.15) is 0 Å². The van der Waals surface area contributed by atoms with Crippen molar-refractivity contribution in [3.05, 3.63) is 60.1 Å². The topological polar surface area (TPSA) is 66.2 Å². The van der Waals surface area contributed by atoms with Crippen molar-refractivity contribution in [2.45, 2.75) is 33.4 Å². The summed E-state index contributed by atoms with van der Waals surface area (Å²) in [6, 6.07) is 13.6. The van der Waals surface area contributed by atoms with Crippen molar-refractivity contribution in [1.29, 1.82) is 0 Å². The molecule has 32 heavy (non-hydrogen) atoms. The summed E-state index contributed by atoms with van der Waals surface area (Å²) in [4.78, 5) is 32.1. The molecule has 1 saturated heterocycles. The Morgan fingerprint density at radius 2 is 1.72 bits per heavy atom. The smallest absolute Gasteiger partial charge is 0.242 e. The molecule has 1 aromatic carbocycles. The first-order valence-corrected chi connectivity index (χ1v) is 11.4. The summed E-state index contributed by atoms with van der Waals surface area (Å²) in [5.74, 6) is 0.915. The van der Waals surface area contributed by atoms with E-state index in [2.05, 4.69) is 4.90 Å². The fourth-order valence-electron chi connectivity index (χ4n) is 3.75. The zero-order valence-corrected chi connectivity index (χ0v) is 19.2. The van der Waals surface area contributed by atoms with Gasteiger partial charge in [-0.25, -0.2) is 0 Å². The van der Waals surface area contributed by atoms with Crippen molar-refractivity contribution in [3.63, 3.8) is 0 Å². The van der Waals surface area contributed by atoms with E-state index < -0.39 is 0 Å². The maximum Gasteiger partial charge on any atom is 0.242 e. The van der Waals surface area contributed by atoms with Gasteiger partial charge in [0.15, 0.2) is 0 Å². The second-order valence-corrected chi connectivity index (χ2v) is 8.68. The fourth-order valence-corrected chi connectivity index (χ4v) is 3.75. The molecule has 0 saturated carbocycles. The van der Waals surface area contributed by atoms with Crippen LogP contribution in [0.25, 0.3) is 0 Å². The quantitative estimate of drug-likeness (QED) is 0.536. The Labute approximate surface area is 190 Å². The van der Waals surface area contributed by atoms with E-state index in [1.54, 1.807) is 16.1 Å². The predicted molar refractivity (Wildman–Crippen MR) is 123 cm³/mol. The maximum atomic E-state index is 13.4. The second-order valence-electron chi connectivity index (χ2n) is 8.68. The molecular formula is C25H35N3O4. The number of rotatable bonds is 11. The van der Waals surface area contributed by atoms with Gasteiger partial charge in [0.05, 0.1) is 32.6 Å². The highest BCUT2D eigenvalue weighted by atomic mass is 16.5. The molecule has 3 rings (SSSR count). The van der Waals surface area contributed by atoms with E-state index >= 15 is 0 Å². The third kappa shape index (κ3) is 7.80. The summed E-state index contributed by atoms with van der Waals surface area (Å²) in [5.41, 5.74) is 1.04. The van der Waals surface area contributed by atoms with Crippen LogP contribution in [0.3, 0.4) is 0 Å².